The Morgan fingerprint density at radius 1 is 1.11 bits per heavy atom. The summed E-state index contributed by atoms with van der Waals surface area (Å²) in [4.78, 5) is 32.7. The summed E-state index contributed by atoms with van der Waals surface area (Å²) in [5.74, 6) is 2.05. The minimum absolute atomic E-state index is 0.0854. The molecule has 11 heteroatoms. The number of carbonyl (C=O) groups excluding carboxylic acids is 1. The van der Waals surface area contributed by atoms with Crippen LogP contribution in [0.5, 0.6) is 0 Å². The molecule has 2 amide bonds. The van der Waals surface area contributed by atoms with Crippen LogP contribution in [0.4, 0.5) is 22.4 Å². The number of aromatic nitrogens is 5. The highest BCUT2D eigenvalue weighted by Crippen LogP contribution is 2.19. The number of piperazine rings is 1. The van der Waals surface area contributed by atoms with Crippen LogP contribution < -0.4 is 15.5 Å². The fourth-order valence-corrected chi connectivity index (χ4v) is 3.98. The van der Waals surface area contributed by atoms with Crippen LogP contribution in [0.3, 0.4) is 0 Å². The maximum absolute atomic E-state index is 12.9. The van der Waals surface area contributed by atoms with Crippen molar-refractivity contribution in [2.75, 3.05) is 50.5 Å². The molecule has 1 atom stereocenters. The molecule has 1 saturated heterocycles. The number of carbonyl (C=O) groups is 1. The van der Waals surface area contributed by atoms with Gasteiger partial charge in [-0.2, -0.15) is 10.1 Å². The fraction of sp³-hybridized carbons (Fsp3) is 0.458. The van der Waals surface area contributed by atoms with Gasteiger partial charge in [0.05, 0.1) is 11.7 Å². The van der Waals surface area contributed by atoms with Gasteiger partial charge in [-0.25, -0.2) is 9.78 Å². The smallest absolute Gasteiger partial charge is 0.318 e. The van der Waals surface area contributed by atoms with Gasteiger partial charge in [-0.15, -0.1) is 0 Å². The fourth-order valence-electron chi connectivity index (χ4n) is 3.98. The van der Waals surface area contributed by atoms with Crippen LogP contribution in [0.25, 0.3) is 0 Å². The summed E-state index contributed by atoms with van der Waals surface area (Å²) >= 11 is 0. The predicted octanol–water partition coefficient (Wildman–Crippen LogP) is 2.61. The zero-order valence-electron chi connectivity index (χ0n) is 21.0. The number of H-pyrrole nitrogens is 1. The number of aromatic amines is 1. The molecular weight excluding hydrogens is 444 g/mol. The van der Waals surface area contributed by atoms with E-state index in [1.807, 2.05) is 64.2 Å². The van der Waals surface area contributed by atoms with E-state index < -0.39 is 0 Å². The lowest BCUT2D eigenvalue weighted by Crippen LogP contribution is -2.52. The normalized spacial score (nSPS) is 14.8. The molecule has 3 N–H and O–H groups in total. The van der Waals surface area contributed by atoms with Gasteiger partial charge in [0.25, 0.3) is 0 Å². The average Bonchev–Trinajstić information content (AvgIpc) is 3.23. The number of hydrogen-bond donors (Lipinski definition) is 3. The molecule has 4 rings (SSSR count). The molecule has 1 unspecified atom stereocenters. The van der Waals surface area contributed by atoms with Gasteiger partial charge in [0.2, 0.25) is 5.95 Å². The second kappa shape index (κ2) is 10.7. The standard InChI is InChI=1S/C24H34N10O/c1-16-12-21(28-22-13-17(2)30-31-22)29-23(26-16)33-8-10-34(11-9-33)24(35)27-18(3)20-7-6-19(14-25-20)15-32(4)5/h6-7,12-14,18H,8-11,15H2,1-5H3,(H,27,35)(H2,26,28,29,30,31). The van der Waals surface area contributed by atoms with E-state index in [9.17, 15) is 4.79 Å². The molecular formula is C24H34N10O. The van der Waals surface area contributed by atoms with Crippen molar-refractivity contribution in [3.63, 3.8) is 0 Å². The number of hydrogen-bond acceptors (Lipinski definition) is 8. The average molecular weight is 479 g/mol. The number of pyridine rings is 1. The van der Waals surface area contributed by atoms with Gasteiger partial charge >= 0.3 is 6.03 Å². The third kappa shape index (κ3) is 6.44. The Kier molecular flexibility index (Phi) is 7.45. The Morgan fingerprint density at radius 2 is 1.89 bits per heavy atom. The Morgan fingerprint density at radius 3 is 2.51 bits per heavy atom. The van der Waals surface area contributed by atoms with Crippen molar-refractivity contribution in [1.29, 1.82) is 0 Å². The third-order valence-electron chi connectivity index (χ3n) is 5.78. The van der Waals surface area contributed by atoms with Crippen molar-refractivity contribution < 1.29 is 4.79 Å². The van der Waals surface area contributed by atoms with Crippen molar-refractivity contribution in [2.24, 2.45) is 0 Å². The van der Waals surface area contributed by atoms with Gasteiger partial charge in [0, 0.05) is 62.4 Å². The van der Waals surface area contributed by atoms with Gasteiger partial charge in [-0.1, -0.05) is 6.07 Å². The van der Waals surface area contributed by atoms with E-state index in [4.69, 9.17) is 0 Å². The lowest BCUT2D eigenvalue weighted by atomic mass is 10.2. The summed E-state index contributed by atoms with van der Waals surface area (Å²) in [6.07, 6.45) is 1.87. The van der Waals surface area contributed by atoms with Gasteiger partial charge < -0.3 is 25.3 Å². The Balaban J connectivity index is 1.31. The topological polar surface area (TPSA) is 118 Å². The van der Waals surface area contributed by atoms with Gasteiger partial charge in [-0.05, 0) is 46.5 Å². The first-order valence-corrected chi connectivity index (χ1v) is 11.8. The van der Waals surface area contributed by atoms with Crippen LogP contribution in [0, 0.1) is 13.8 Å². The molecule has 0 aliphatic carbocycles. The first kappa shape index (κ1) is 24.4. The minimum atomic E-state index is -0.173. The third-order valence-corrected chi connectivity index (χ3v) is 5.78. The van der Waals surface area contributed by atoms with E-state index in [-0.39, 0.29) is 12.1 Å². The largest absolute Gasteiger partial charge is 0.337 e. The van der Waals surface area contributed by atoms with Crippen molar-refractivity contribution in [3.05, 3.63) is 53.1 Å². The van der Waals surface area contributed by atoms with E-state index in [1.54, 1.807) is 0 Å². The molecule has 186 valence electrons. The van der Waals surface area contributed by atoms with Gasteiger partial charge in [-0.3, -0.25) is 10.1 Å². The van der Waals surface area contributed by atoms with E-state index in [0.29, 0.717) is 43.8 Å². The van der Waals surface area contributed by atoms with Crippen LogP contribution in [0.15, 0.2) is 30.5 Å². The molecule has 1 aliphatic heterocycles. The summed E-state index contributed by atoms with van der Waals surface area (Å²) in [6, 6.07) is 7.59. The number of amides is 2. The van der Waals surface area contributed by atoms with Crippen LogP contribution in [-0.4, -0.2) is 81.3 Å². The number of nitrogens with one attached hydrogen (secondary N) is 3. The molecule has 1 aliphatic rings. The van der Waals surface area contributed by atoms with E-state index in [2.05, 4.69) is 51.6 Å². The molecule has 0 spiro atoms. The summed E-state index contributed by atoms with van der Waals surface area (Å²) in [5.41, 5.74) is 3.83. The van der Waals surface area contributed by atoms with Crippen molar-refractivity contribution in [2.45, 2.75) is 33.4 Å². The zero-order chi connectivity index (χ0) is 24.9. The Labute approximate surface area is 206 Å². The Hall–Kier alpha value is -3.73. The van der Waals surface area contributed by atoms with E-state index in [1.165, 1.54) is 0 Å². The van der Waals surface area contributed by atoms with Crippen molar-refractivity contribution in [3.8, 4) is 0 Å². The molecule has 1 fully saturated rings. The van der Waals surface area contributed by atoms with Crippen molar-refractivity contribution in [1.82, 2.24) is 40.3 Å². The van der Waals surface area contributed by atoms with Crippen LogP contribution in [0.1, 0.15) is 35.6 Å². The lowest BCUT2D eigenvalue weighted by molar-refractivity contribution is 0.190. The lowest BCUT2D eigenvalue weighted by Gasteiger charge is -2.35. The highest BCUT2D eigenvalue weighted by molar-refractivity contribution is 5.75. The number of rotatable bonds is 7. The van der Waals surface area contributed by atoms with Crippen molar-refractivity contribution >= 4 is 23.6 Å². The summed E-state index contributed by atoms with van der Waals surface area (Å²) in [5, 5.41) is 13.4. The quantitative estimate of drug-likeness (QED) is 0.474. The second-order valence-corrected chi connectivity index (χ2v) is 9.23. The first-order chi connectivity index (χ1) is 16.8. The molecule has 4 heterocycles. The maximum atomic E-state index is 12.9. The summed E-state index contributed by atoms with van der Waals surface area (Å²) < 4.78 is 0. The van der Waals surface area contributed by atoms with E-state index >= 15 is 0 Å². The second-order valence-electron chi connectivity index (χ2n) is 9.23. The number of nitrogens with zero attached hydrogens (tertiary/aromatic N) is 7. The maximum Gasteiger partial charge on any atom is 0.318 e. The zero-order valence-corrected chi connectivity index (χ0v) is 21.0. The number of anilines is 3. The number of urea groups is 1. The van der Waals surface area contributed by atoms with E-state index in [0.717, 1.165) is 29.2 Å². The molecule has 3 aromatic rings. The highest BCUT2D eigenvalue weighted by Gasteiger charge is 2.24. The molecule has 35 heavy (non-hydrogen) atoms. The Bertz CT molecular complexity index is 1140. The molecule has 0 aromatic carbocycles. The molecule has 0 saturated carbocycles. The molecule has 11 nitrogen and oxygen atoms in total. The van der Waals surface area contributed by atoms with Crippen LogP contribution in [-0.2, 0) is 6.54 Å². The summed E-state index contributed by atoms with van der Waals surface area (Å²) in [6.45, 7) is 9.18. The highest BCUT2D eigenvalue weighted by atomic mass is 16.2. The SMILES string of the molecule is Cc1cc(Nc2cc(C)[nH]n2)nc(N2CCN(C(=O)NC(C)c3ccc(CN(C)C)cn3)CC2)n1. The summed E-state index contributed by atoms with van der Waals surface area (Å²) in [7, 11) is 4.05. The first-order valence-electron chi connectivity index (χ1n) is 11.8. The van der Waals surface area contributed by atoms with Crippen LogP contribution >= 0.6 is 0 Å². The van der Waals surface area contributed by atoms with Crippen LogP contribution in [0.2, 0.25) is 0 Å². The predicted molar refractivity (Wildman–Crippen MR) is 136 cm³/mol. The van der Waals surface area contributed by atoms with Gasteiger partial charge in [0.15, 0.2) is 5.82 Å². The number of aryl methyl sites for hydroxylation is 2. The molecule has 0 bridgehead atoms. The molecule has 3 aromatic heterocycles. The molecule has 0 radical (unpaired) electrons. The monoisotopic (exact) mass is 478 g/mol. The minimum Gasteiger partial charge on any atom is -0.337 e. The van der Waals surface area contributed by atoms with Gasteiger partial charge in [0.1, 0.15) is 5.82 Å².